The monoisotopic (exact) mass is 586 g/mol. The van der Waals surface area contributed by atoms with Gasteiger partial charge in [0.15, 0.2) is 16.7 Å². The molecule has 0 radical (unpaired) electrons. The lowest BCUT2D eigenvalue weighted by atomic mass is 9.94. The van der Waals surface area contributed by atoms with Gasteiger partial charge in [0, 0.05) is 21.7 Å². The van der Waals surface area contributed by atoms with E-state index in [-0.39, 0.29) is 11.9 Å². The molecule has 0 unspecified atom stereocenters. The fraction of sp³-hybridized carbons (Fsp3) is 0.484. The minimum absolute atomic E-state index is 0.0807. The Labute approximate surface area is 245 Å². The number of hydrogen-bond acceptors (Lipinski definition) is 5. The quantitative estimate of drug-likeness (QED) is 0.290. The number of thioether (sulfide) groups is 1. The molecule has 0 atom stereocenters. The molecule has 208 valence electrons. The normalized spacial score (nSPS) is 21.2. The molecule has 2 aromatic carbocycles. The van der Waals surface area contributed by atoms with E-state index < -0.39 is 0 Å². The number of ether oxygens (including phenoxy) is 2. The Hall–Kier alpha value is -2.15. The lowest BCUT2D eigenvalue weighted by molar-refractivity contribution is -0.124. The summed E-state index contributed by atoms with van der Waals surface area (Å²) in [5.74, 6) is 1.34. The van der Waals surface area contributed by atoms with Gasteiger partial charge in [-0.2, -0.15) is 0 Å². The summed E-state index contributed by atoms with van der Waals surface area (Å²) in [5.41, 5.74) is 1.74. The minimum Gasteiger partial charge on any atom is -0.490 e. The summed E-state index contributed by atoms with van der Waals surface area (Å²) in [6.45, 7) is 2.74. The number of hydrogen-bond donors (Lipinski definition) is 0. The molecule has 0 bridgehead atoms. The third kappa shape index (κ3) is 7.14. The third-order valence-corrected chi connectivity index (χ3v) is 9.19. The van der Waals surface area contributed by atoms with Crippen molar-refractivity contribution in [1.29, 1.82) is 0 Å². The molecule has 1 saturated heterocycles. The van der Waals surface area contributed by atoms with Crippen molar-refractivity contribution in [2.45, 2.75) is 89.8 Å². The van der Waals surface area contributed by atoms with Crippen LogP contribution in [0.15, 0.2) is 46.3 Å². The third-order valence-electron chi connectivity index (χ3n) is 7.61. The molecule has 2 saturated carbocycles. The standard InChI is InChI=1S/C31H36Cl2N2O3S/c1-2-37-28-17-21(13-16-27(28)38-20-22-14-15-23(32)19-26(22)33)18-29-30(36)35(25-11-7-4-8-12-25)31(39-29)34-24-9-5-3-6-10-24/h13-19,24-25H,2-12,20H2,1H3. The van der Waals surface area contributed by atoms with E-state index in [4.69, 9.17) is 37.7 Å². The SMILES string of the molecule is CCOc1cc(C=C2SC(=NC3CCCCC3)N(C3CCCCC3)C2=O)ccc1OCc1ccc(Cl)cc1Cl. The number of halogens is 2. The highest BCUT2D eigenvalue weighted by Crippen LogP contribution is 2.39. The van der Waals surface area contributed by atoms with Gasteiger partial charge in [-0.15, -0.1) is 0 Å². The summed E-state index contributed by atoms with van der Waals surface area (Å²) in [7, 11) is 0. The maximum Gasteiger partial charge on any atom is 0.266 e. The maximum absolute atomic E-state index is 13.7. The van der Waals surface area contributed by atoms with Gasteiger partial charge in [-0.3, -0.25) is 14.7 Å². The molecular weight excluding hydrogens is 551 g/mol. The van der Waals surface area contributed by atoms with E-state index in [1.807, 2.05) is 42.2 Å². The molecule has 1 heterocycles. The summed E-state index contributed by atoms with van der Waals surface area (Å²) in [6.07, 6.45) is 13.7. The van der Waals surface area contributed by atoms with Crippen molar-refractivity contribution >= 4 is 52.1 Å². The zero-order valence-corrected chi connectivity index (χ0v) is 24.8. The first-order valence-electron chi connectivity index (χ1n) is 14.2. The zero-order valence-electron chi connectivity index (χ0n) is 22.5. The van der Waals surface area contributed by atoms with Crippen LogP contribution >= 0.6 is 35.0 Å². The maximum atomic E-state index is 13.7. The number of amidine groups is 1. The van der Waals surface area contributed by atoms with E-state index in [0.29, 0.717) is 40.8 Å². The summed E-state index contributed by atoms with van der Waals surface area (Å²) >= 11 is 13.9. The molecule has 1 amide bonds. The van der Waals surface area contributed by atoms with Crippen LogP contribution in [0.4, 0.5) is 0 Å². The van der Waals surface area contributed by atoms with Crippen molar-refractivity contribution in [3.05, 3.63) is 62.5 Å². The second kappa shape index (κ2) is 13.5. The molecule has 2 aliphatic carbocycles. The van der Waals surface area contributed by atoms with E-state index in [0.717, 1.165) is 46.9 Å². The Morgan fingerprint density at radius 3 is 2.41 bits per heavy atom. The van der Waals surface area contributed by atoms with E-state index in [1.165, 1.54) is 50.3 Å². The molecule has 39 heavy (non-hydrogen) atoms. The number of nitrogens with zero attached hydrogens (tertiary/aromatic N) is 2. The van der Waals surface area contributed by atoms with Gasteiger partial charge >= 0.3 is 0 Å². The van der Waals surface area contributed by atoms with Crippen LogP contribution < -0.4 is 9.47 Å². The molecule has 0 N–H and O–H groups in total. The van der Waals surface area contributed by atoms with Crippen LogP contribution in [0.1, 0.15) is 82.3 Å². The molecule has 1 aliphatic heterocycles. The topological polar surface area (TPSA) is 51.1 Å². The molecule has 0 aromatic heterocycles. The van der Waals surface area contributed by atoms with Crippen LogP contribution in [0.25, 0.3) is 6.08 Å². The van der Waals surface area contributed by atoms with Gasteiger partial charge < -0.3 is 9.47 Å². The first kappa shape index (κ1) is 28.4. The van der Waals surface area contributed by atoms with Crippen molar-refractivity contribution in [3.63, 3.8) is 0 Å². The highest BCUT2D eigenvalue weighted by molar-refractivity contribution is 8.18. The van der Waals surface area contributed by atoms with Crippen molar-refractivity contribution in [3.8, 4) is 11.5 Å². The number of carbonyl (C=O) groups is 1. The van der Waals surface area contributed by atoms with Crippen LogP contribution in [0, 0.1) is 0 Å². The Balaban J connectivity index is 1.38. The van der Waals surface area contributed by atoms with Crippen molar-refractivity contribution < 1.29 is 14.3 Å². The second-order valence-electron chi connectivity index (χ2n) is 10.4. The number of amides is 1. The molecule has 0 spiro atoms. The molecular formula is C31H36Cl2N2O3S. The fourth-order valence-electron chi connectivity index (χ4n) is 5.55. The first-order valence-corrected chi connectivity index (χ1v) is 15.7. The Bertz CT molecular complexity index is 1240. The predicted octanol–water partition coefficient (Wildman–Crippen LogP) is 8.91. The smallest absolute Gasteiger partial charge is 0.266 e. The average Bonchev–Trinajstić information content (AvgIpc) is 3.24. The van der Waals surface area contributed by atoms with Gasteiger partial charge in [0.05, 0.1) is 17.6 Å². The minimum atomic E-state index is 0.0807. The fourth-order valence-corrected chi connectivity index (χ4v) is 7.12. The number of carbonyl (C=O) groups excluding carboxylic acids is 1. The lowest BCUT2D eigenvalue weighted by Crippen LogP contribution is -2.41. The lowest BCUT2D eigenvalue weighted by Gasteiger charge is -2.31. The predicted molar refractivity (Wildman–Crippen MR) is 162 cm³/mol. The molecule has 5 nitrogen and oxygen atoms in total. The Morgan fingerprint density at radius 1 is 0.949 bits per heavy atom. The van der Waals surface area contributed by atoms with Gasteiger partial charge in [-0.05, 0) is 80.3 Å². The Kier molecular flexibility index (Phi) is 9.80. The number of benzene rings is 2. The van der Waals surface area contributed by atoms with E-state index >= 15 is 0 Å². The molecule has 5 rings (SSSR count). The molecule has 2 aromatic rings. The first-order chi connectivity index (χ1) is 19.0. The summed E-state index contributed by atoms with van der Waals surface area (Å²) in [6, 6.07) is 11.7. The van der Waals surface area contributed by atoms with Crippen molar-refractivity contribution in [1.82, 2.24) is 4.90 Å². The number of rotatable bonds is 8. The van der Waals surface area contributed by atoms with Crippen molar-refractivity contribution in [2.75, 3.05) is 6.61 Å². The molecule has 8 heteroatoms. The van der Waals surface area contributed by atoms with Gasteiger partial charge in [0.1, 0.15) is 6.61 Å². The van der Waals surface area contributed by atoms with Crippen LogP contribution in [0.3, 0.4) is 0 Å². The second-order valence-corrected chi connectivity index (χ2v) is 12.3. The average molecular weight is 588 g/mol. The van der Waals surface area contributed by atoms with Gasteiger partial charge in [-0.25, -0.2) is 0 Å². The van der Waals surface area contributed by atoms with E-state index in [9.17, 15) is 4.79 Å². The van der Waals surface area contributed by atoms with E-state index in [1.54, 1.807) is 12.1 Å². The van der Waals surface area contributed by atoms with Crippen LogP contribution in [0.5, 0.6) is 11.5 Å². The number of aliphatic imine (C=N–C) groups is 1. The van der Waals surface area contributed by atoms with Gasteiger partial charge in [0.25, 0.3) is 5.91 Å². The highest BCUT2D eigenvalue weighted by Gasteiger charge is 2.39. The Morgan fingerprint density at radius 2 is 1.69 bits per heavy atom. The zero-order chi connectivity index (χ0) is 27.2. The summed E-state index contributed by atoms with van der Waals surface area (Å²) < 4.78 is 12.0. The summed E-state index contributed by atoms with van der Waals surface area (Å²) in [5, 5.41) is 2.05. The van der Waals surface area contributed by atoms with Crippen LogP contribution in [0.2, 0.25) is 10.0 Å². The largest absolute Gasteiger partial charge is 0.490 e. The molecule has 3 aliphatic rings. The van der Waals surface area contributed by atoms with Crippen molar-refractivity contribution in [2.24, 2.45) is 4.99 Å². The highest BCUT2D eigenvalue weighted by atomic mass is 35.5. The van der Waals surface area contributed by atoms with Crippen LogP contribution in [-0.4, -0.2) is 34.7 Å². The van der Waals surface area contributed by atoms with E-state index in [2.05, 4.69) is 0 Å². The summed E-state index contributed by atoms with van der Waals surface area (Å²) in [4.78, 5) is 21.6. The van der Waals surface area contributed by atoms with Crippen LogP contribution in [-0.2, 0) is 11.4 Å². The van der Waals surface area contributed by atoms with Gasteiger partial charge in [-0.1, -0.05) is 73.9 Å². The molecule has 3 fully saturated rings. The van der Waals surface area contributed by atoms with Gasteiger partial charge in [0.2, 0.25) is 0 Å².